The second-order valence-electron chi connectivity index (χ2n) is 4.95. The fourth-order valence-corrected chi connectivity index (χ4v) is 2.12. The Morgan fingerprint density at radius 1 is 1.38 bits per heavy atom. The Bertz CT molecular complexity index is 801. The summed E-state index contributed by atoms with van der Waals surface area (Å²) in [6.07, 6.45) is 8.75. The number of primary amides is 1. The van der Waals surface area contributed by atoms with E-state index in [2.05, 4.69) is 15.6 Å². The number of amides is 1. The van der Waals surface area contributed by atoms with E-state index in [1.54, 1.807) is 24.4 Å². The van der Waals surface area contributed by atoms with Crippen molar-refractivity contribution in [2.24, 2.45) is 5.73 Å². The van der Waals surface area contributed by atoms with Gasteiger partial charge in [-0.2, -0.15) is 0 Å². The van der Waals surface area contributed by atoms with Crippen LogP contribution in [0.2, 0.25) is 0 Å². The lowest BCUT2D eigenvalue weighted by atomic mass is 10.1. The lowest BCUT2D eigenvalue weighted by molar-refractivity contribution is -0.114. The maximum Gasteiger partial charge on any atom is 0.252 e. The number of anilines is 1. The number of hydrogen-bond donors (Lipinski definition) is 5. The number of nitrogens with zero attached hydrogens (tertiary/aromatic N) is 1. The molecule has 0 aliphatic carbocycles. The molecule has 1 aromatic rings. The van der Waals surface area contributed by atoms with Gasteiger partial charge in [-0.15, -0.1) is 0 Å². The van der Waals surface area contributed by atoms with E-state index in [1.807, 2.05) is 25.1 Å². The predicted octanol–water partition coefficient (Wildman–Crippen LogP) is 1.77. The Morgan fingerprint density at radius 3 is 2.79 bits per heavy atom. The summed E-state index contributed by atoms with van der Waals surface area (Å²) >= 11 is 0. The van der Waals surface area contributed by atoms with Crippen LogP contribution in [0.5, 0.6) is 0 Å². The number of aromatic nitrogens is 1. The lowest BCUT2D eigenvalue weighted by Gasteiger charge is -2.17. The van der Waals surface area contributed by atoms with E-state index in [1.165, 1.54) is 0 Å². The van der Waals surface area contributed by atoms with Crippen molar-refractivity contribution in [3.05, 3.63) is 70.9 Å². The van der Waals surface area contributed by atoms with Gasteiger partial charge in [-0.25, -0.2) is 4.98 Å². The quantitative estimate of drug-likeness (QED) is 0.404. The fraction of sp³-hybridized carbons (Fsp3) is 0.0588. The third-order valence-corrected chi connectivity index (χ3v) is 3.21. The zero-order chi connectivity index (χ0) is 17.5. The SMILES string of the molecule is Cc1cccc(N/C(=C\C=N)C2=C/C(=C(/C=N)C(N)=O)NC=C2)n1. The van der Waals surface area contributed by atoms with E-state index in [-0.39, 0.29) is 5.57 Å². The summed E-state index contributed by atoms with van der Waals surface area (Å²) in [6, 6.07) is 5.59. The Labute approximate surface area is 139 Å². The monoisotopic (exact) mass is 322 g/mol. The summed E-state index contributed by atoms with van der Waals surface area (Å²) in [5, 5.41) is 20.7. The third-order valence-electron chi connectivity index (χ3n) is 3.21. The smallest absolute Gasteiger partial charge is 0.252 e. The number of pyridine rings is 1. The molecular formula is C17H18N6O. The van der Waals surface area contributed by atoms with E-state index >= 15 is 0 Å². The summed E-state index contributed by atoms with van der Waals surface area (Å²) in [6.45, 7) is 1.89. The van der Waals surface area contributed by atoms with Gasteiger partial charge in [0.05, 0.1) is 11.3 Å². The van der Waals surface area contributed by atoms with Crippen LogP contribution in [-0.4, -0.2) is 23.3 Å². The van der Waals surface area contributed by atoms with Crippen molar-refractivity contribution in [3.63, 3.8) is 0 Å². The number of rotatable bonds is 6. The van der Waals surface area contributed by atoms with Crippen LogP contribution >= 0.6 is 0 Å². The third kappa shape index (κ3) is 4.04. The molecule has 2 heterocycles. The van der Waals surface area contributed by atoms with Crippen molar-refractivity contribution in [1.82, 2.24) is 10.3 Å². The van der Waals surface area contributed by atoms with Crippen LogP contribution in [0.4, 0.5) is 5.82 Å². The van der Waals surface area contributed by atoms with E-state index < -0.39 is 5.91 Å². The molecule has 0 fully saturated rings. The standard InChI is InChI=1S/C17H18N6O/c1-11-3-2-4-16(22-11)23-14(5-7-18)12-6-8-21-15(9-12)13(10-19)17(20)24/h2-10,18-19,21H,1H3,(H2,20,24)(H,22,23)/b14-5-,15-13+,18-7?,19-10?. The fourth-order valence-electron chi connectivity index (χ4n) is 2.12. The maximum atomic E-state index is 11.4. The van der Waals surface area contributed by atoms with Crippen LogP contribution < -0.4 is 16.4 Å². The van der Waals surface area contributed by atoms with Gasteiger partial charge in [-0.3, -0.25) is 4.79 Å². The highest BCUT2D eigenvalue weighted by Gasteiger charge is 2.13. The first-order chi connectivity index (χ1) is 11.5. The minimum Gasteiger partial charge on any atom is -0.365 e. The van der Waals surface area contributed by atoms with Crippen LogP contribution in [0.3, 0.4) is 0 Å². The highest BCUT2D eigenvalue weighted by molar-refractivity contribution is 6.11. The van der Waals surface area contributed by atoms with Gasteiger partial charge in [0.25, 0.3) is 5.91 Å². The molecule has 0 bridgehead atoms. The molecule has 7 heteroatoms. The zero-order valence-corrected chi connectivity index (χ0v) is 13.1. The molecule has 1 aliphatic rings. The molecule has 1 amide bonds. The first-order valence-corrected chi connectivity index (χ1v) is 7.16. The van der Waals surface area contributed by atoms with Gasteiger partial charge in [0, 0.05) is 35.6 Å². The van der Waals surface area contributed by atoms with Crippen LogP contribution in [0.1, 0.15) is 5.69 Å². The second kappa shape index (κ2) is 7.68. The van der Waals surface area contributed by atoms with Gasteiger partial charge in [-0.05, 0) is 37.3 Å². The zero-order valence-electron chi connectivity index (χ0n) is 13.1. The molecule has 0 unspecified atom stereocenters. The first kappa shape index (κ1) is 16.9. The van der Waals surface area contributed by atoms with Gasteiger partial charge >= 0.3 is 0 Å². The van der Waals surface area contributed by atoms with Gasteiger partial charge in [0.1, 0.15) is 5.82 Å². The van der Waals surface area contributed by atoms with Gasteiger partial charge < -0.3 is 27.2 Å². The summed E-state index contributed by atoms with van der Waals surface area (Å²) in [5.74, 6) is -0.0482. The first-order valence-electron chi connectivity index (χ1n) is 7.16. The number of nitrogens with one attached hydrogen (secondary N) is 4. The number of allylic oxidation sites excluding steroid dienone is 3. The van der Waals surface area contributed by atoms with E-state index in [0.717, 1.165) is 23.7 Å². The normalized spacial score (nSPS) is 15.9. The number of dihydropyridines is 1. The average Bonchev–Trinajstić information content (AvgIpc) is 2.55. The average molecular weight is 322 g/mol. The number of nitrogens with two attached hydrogens (primary N) is 1. The number of aryl methyl sites for hydroxylation is 1. The highest BCUT2D eigenvalue weighted by Crippen LogP contribution is 2.20. The molecule has 0 aromatic carbocycles. The van der Waals surface area contributed by atoms with Crippen molar-refractivity contribution in [2.45, 2.75) is 6.92 Å². The molecule has 24 heavy (non-hydrogen) atoms. The van der Waals surface area contributed by atoms with Crippen LogP contribution in [0.15, 0.2) is 65.2 Å². The summed E-state index contributed by atoms with van der Waals surface area (Å²) in [5.41, 5.74) is 7.99. The molecule has 0 saturated carbocycles. The van der Waals surface area contributed by atoms with Crippen molar-refractivity contribution >= 4 is 24.2 Å². The van der Waals surface area contributed by atoms with E-state index in [9.17, 15) is 4.79 Å². The Hall–Kier alpha value is -3.48. The molecule has 6 N–H and O–H groups in total. The van der Waals surface area contributed by atoms with Gasteiger partial charge in [-0.1, -0.05) is 6.07 Å². The van der Waals surface area contributed by atoms with Crippen molar-refractivity contribution in [2.75, 3.05) is 5.32 Å². The van der Waals surface area contributed by atoms with Crippen LogP contribution in [0, 0.1) is 17.7 Å². The summed E-state index contributed by atoms with van der Waals surface area (Å²) in [7, 11) is 0. The molecule has 1 aliphatic heterocycles. The molecule has 2 rings (SSSR count). The molecule has 0 spiro atoms. The Morgan fingerprint density at radius 2 is 2.17 bits per heavy atom. The molecular weight excluding hydrogens is 304 g/mol. The van der Waals surface area contributed by atoms with E-state index in [4.69, 9.17) is 16.6 Å². The maximum absolute atomic E-state index is 11.4. The molecule has 122 valence electrons. The second-order valence-corrected chi connectivity index (χ2v) is 4.95. The van der Waals surface area contributed by atoms with Crippen LogP contribution in [0.25, 0.3) is 0 Å². The van der Waals surface area contributed by atoms with Gasteiger partial charge in [0.15, 0.2) is 0 Å². The predicted molar refractivity (Wildman–Crippen MR) is 94.8 cm³/mol. The van der Waals surface area contributed by atoms with Gasteiger partial charge in [0.2, 0.25) is 0 Å². The molecule has 0 atom stereocenters. The largest absolute Gasteiger partial charge is 0.365 e. The molecule has 0 radical (unpaired) electrons. The minimum atomic E-state index is -0.690. The van der Waals surface area contributed by atoms with Crippen molar-refractivity contribution in [3.8, 4) is 0 Å². The lowest BCUT2D eigenvalue weighted by Crippen LogP contribution is -2.22. The molecule has 1 aromatic heterocycles. The molecule has 0 saturated heterocycles. The topological polar surface area (TPSA) is 128 Å². The minimum absolute atomic E-state index is 0.0692. The Kier molecular flexibility index (Phi) is 5.40. The van der Waals surface area contributed by atoms with Crippen LogP contribution in [-0.2, 0) is 4.79 Å². The number of carbonyl (C=O) groups is 1. The number of carbonyl (C=O) groups excluding carboxylic acids is 1. The number of hydrogen-bond acceptors (Lipinski definition) is 6. The van der Waals surface area contributed by atoms with Crippen molar-refractivity contribution < 1.29 is 4.79 Å². The highest BCUT2D eigenvalue weighted by atomic mass is 16.1. The molecule has 7 nitrogen and oxygen atoms in total. The van der Waals surface area contributed by atoms with Crippen molar-refractivity contribution in [1.29, 1.82) is 10.8 Å². The summed E-state index contributed by atoms with van der Waals surface area (Å²) < 4.78 is 0. The summed E-state index contributed by atoms with van der Waals surface area (Å²) in [4.78, 5) is 15.8. The Balaban J connectivity index is 2.40. The van der Waals surface area contributed by atoms with E-state index in [0.29, 0.717) is 17.2 Å².